The molecular weight excluding hydrogens is 398 g/mol. The molecule has 0 amide bonds. The number of carbonyl (C=O) groups is 3. The van der Waals surface area contributed by atoms with Crippen molar-refractivity contribution in [3.63, 3.8) is 0 Å². The Morgan fingerprint density at radius 3 is 2.34 bits per heavy atom. The quantitative estimate of drug-likeness (QED) is 0.464. The highest BCUT2D eigenvalue weighted by Gasteiger charge is 2.34. The predicted molar refractivity (Wildman–Crippen MR) is 106 cm³/mol. The zero-order valence-electron chi connectivity index (χ0n) is 16.3. The molecule has 152 valence electrons. The Morgan fingerprint density at radius 2 is 1.72 bits per heavy atom. The molecule has 0 unspecified atom stereocenters. The summed E-state index contributed by atoms with van der Waals surface area (Å²) in [5.74, 6) is -2.19. The van der Waals surface area contributed by atoms with Crippen LogP contribution in [0.25, 0.3) is 15.9 Å². The van der Waals surface area contributed by atoms with Gasteiger partial charge in [0, 0.05) is 5.56 Å². The molecule has 0 aromatic heterocycles. The number of hydrogen-bond donors (Lipinski definition) is 0. The molecular formula is C20H19NO7S. The van der Waals surface area contributed by atoms with Gasteiger partial charge in [-0.15, -0.1) is 11.3 Å². The molecule has 0 fully saturated rings. The smallest absolute Gasteiger partial charge is 0.350 e. The van der Waals surface area contributed by atoms with E-state index in [1.54, 1.807) is 38.1 Å². The van der Waals surface area contributed by atoms with E-state index in [0.717, 1.165) is 18.4 Å². The average Bonchev–Trinajstić information content (AvgIpc) is 2.98. The van der Waals surface area contributed by atoms with Crippen molar-refractivity contribution in [2.75, 3.05) is 14.2 Å². The van der Waals surface area contributed by atoms with Crippen LogP contribution >= 0.6 is 11.3 Å². The van der Waals surface area contributed by atoms with E-state index >= 15 is 0 Å². The summed E-state index contributed by atoms with van der Waals surface area (Å²) in [7, 11) is 2.37. The lowest BCUT2D eigenvalue weighted by molar-refractivity contribution is -0.146. The van der Waals surface area contributed by atoms with Crippen molar-refractivity contribution in [1.29, 1.82) is 0 Å². The van der Waals surface area contributed by atoms with Crippen LogP contribution in [0, 0.1) is 0 Å². The van der Waals surface area contributed by atoms with Crippen molar-refractivity contribution >= 4 is 39.5 Å². The average molecular weight is 417 g/mol. The highest BCUT2D eigenvalue weighted by atomic mass is 32.1. The fraction of sp³-hybridized carbons (Fsp3) is 0.300. The molecule has 9 heteroatoms. The second-order valence-corrected chi connectivity index (χ2v) is 7.49. The van der Waals surface area contributed by atoms with Gasteiger partial charge in [-0.1, -0.05) is 12.1 Å². The van der Waals surface area contributed by atoms with Gasteiger partial charge in [-0.05, 0) is 26.0 Å². The lowest BCUT2D eigenvalue weighted by atomic mass is 10.1. The number of ether oxygens (including phenoxy) is 3. The minimum absolute atomic E-state index is 0.0600. The fourth-order valence-electron chi connectivity index (χ4n) is 3.10. The second kappa shape index (κ2) is 8.04. The summed E-state index contributed by atoms with van der Waals surface area (Å²) in [5, 5.41) is 0. The molecule has 0 bridgehead atoms. The predicted octanol–water partition coefficient (Wildman–Crippen LogP) is 2.56. The lowest BCUT2D eigenvalue weighted by Gasteiger charge is -2.13. The minimum atomic E-state index is -0.829. The lowest BCUT2D eigenvalue weighted by Crippen LogP contribution is -2.21. The molecule has 8 nitrogen and oxygen atoms in total. The van der Waals surface area contributed by atoms with Gasteiger partial charge in [0.05, 0.1) is 48.2 Å². The standard InChI is InChI=1S/C20H19NO7S/c1-10(2)28-14(22)9-11-15(19(24)26-3)16-17(20(25)27-4)29-13-8-6-5-7-12(13)21(16)18(11)23/h5-8,10H,9H2,1-4H3. The molecule has 0 saturated heterocycles. The monoisotopic (exact) mass is 417 g/mol. The maximum Gasteiger partial charge on any atom is 0.350 e. The van der Waals surface area contributed by atoms with Gasteiger partial charge in [-0.2, -0.15) is 0 Å². The van der Waals surface area contributed by atoms with Crippen LogP contribution in [-0.4, -0.2) is 42.8 Å². The number of para-hydroxylation sites is 1. The van der Waals surface area contributed by atoms with E-state index in [9.17, 15) is 19.2 Å². The summed E-state index contributed by atoms with van der Waals surface area (Å²) >= 11 is 1.08. The first kappa shape index (κ1) is 20.5. The van der Waals surface area contributed by atoms with Crippen molar-refractivity contribution in [2.45, 2.75) is 26.4 Å². The van der Waals surface area contributed by atoms with E-state index in [2.05, 4.69) is 0 Å². The number of hydrogen-bond acceptors (Lipinski definition) is 8. The topological polar surface area (TPSA) is 101 Å². The fourth-order valence-corrected chi connectivity index (χ4v) is 4.18. The highest BCUT2D eigenvalue weighted by molar-refractivity contribution is 7.20. The van der Waals surface area contributed by atoms with Crippen LogP contribution in [0.15, 0.2) is 29.1 Å². The summed E-state index contributed by atoms with van der Waals surface area (Å²) < 4.78 is 16.7. The summed E-state index contributed by atoms with van der Waals surface area (Å²) in [6.45, 7) is 3.36. The molecule has 2 heterocycles. The zero-order valence-corrected chi connectivity index (χ0v) is 17.1. The SMILES string of the molecule is COC(=O)c1sc2ccccc2n2c(=O)c(CC(=O)OC(C)C)c(C(=O)OC)c1-2. The Hall–Kier alpha value is -3.20. The Bertz CT molecular complexity index is 1140. The molecule has 2 aliphatic rings. The third-order valence-corrected chi connectivity index (χ3v) is 5.33. The number of benzene rings is 1. The maximum atomic E-state index is 13.3. The maximum absolute atomic E-state index is 13.3. The van der Waals surface area contributed by atoms with E-state index in [0.29, 0.717) is 10.2 Å². The first-order valence-electron chi connectivity index (χ1n) is 8.75. The van der Waals surface area contributed by atoms with Crippen LogP contribution in [0.2, 0.25) is 0 Å². The number of nitrogens with zero attached hydrogens (tertiary/aromatic N) is 1. The van der Waals surface area contributed by atoms with E-state index in [-0.39, 0.29) is 27.8 Å². The Kier molecular flexibility index (Phi) is 5.69. The molecule has 0 radical (unpaired) electrons. The van der Waals surface area contributed by atoms with Crippen LogP contribution in [0.3, 0.4) is 0 Å². The molecule has 3 rings (SSSR count). The van der Waals surface area contributed by atoms with E-state index in [4.69, 9.17) is 14.2 Å². The number of esters is 3. The number of fused-ring (bicyclic) bond motifs is 3. The van der Waals surface area contributed by atoms with E-state index < -0.39 is 29.9 Å². The van der Waals surface area contributed by atoms with Crippen molar-refractivity contribution in [3.05, 3.63) is 50.6 Å². The van der Waals surface area contributed by atoms with Crippen LogP contribution < -0.4 is 5.56 Å². The highest BCUT2D eigenvalue weighted by Crippen LogP contribution is 2.34. The number of rotatable bonds is 5. The first-order valence-corrected chi connectivity index (χ1v) is 9.57. The minimum Gasteiger partial charge on any atom is -0.465 e. The van der Waals surface area contributed by atoms with Crippen LogP contribution in [-0.2, 0) is 25.4 Å². The second-order valence-electron chi connectivity index (χ2n) is 6.44. The molecule has 1 aromatic rings. The summed E-state index contributed by atoms with van der Waals surface area (Å²) in [5.41, 5.74) is -0.254. The molecule has 0 saturated carbocycles. The molecule has 0 spiro atoms. The van der Waals surface area contributed by atoms with Gasteiger partial charge in [-0.3, -0.25) is 14.2 Å². The number of aromatic nitrogens is 1. The largest absolute Gasteiger partial charge is 0.465 e. The van der Waals surface area contributed by atoms with Gasteiger partial charge >= 0.3 is 17.9 Å². The molecule has 1 aromatic carbocycles. The Balaban J connectivity index is 2.42. The molecule has 0 aliphatic carbocycles. The molecule has 0 atom stereocenters. The van der Waals surface area contributed by atoms with E-state index in [1.807, 2.05) is 0 Å². The normalized spacial score (nSPS) is 11.1. The summed E-state index contributed by atoms with van der Waals surface area (Å²) in [6, 6.07) is 6.94. The third-order valence-electron chi connectivity index (χ3n) is 4.21. The van der Waals surface area contributed by atoms with Crippen molar-refractivity contribution in [2.24, 2.45) is 0 Å². The zero-order chi connectivity index (χ0) is 21.3. The van der Waals surface area contributed by atoms with Crippen LogP contribution in [0.4, 0.5) is 0 Å². The van der Waals surface area contributed by atoms with Crippen molar-refractivity contribution < 1.29 is 28.6 Å². The van der Waals surface area contributed by atoms with Crippen LogP contribution in [0.5, 0.6) is 0 Å². The van der Waals surface area contributed by atoms with Gasteiger partial charge in [0.2, 0.25) is 0 Å². The van der Waals surface area contributed by atoms with Gasteiger partial charge in [0.1, 0.15) is 4.88 Å². The molecule has 0 N–H and O–H groups in total. The summed E-state index contributed by atoms with van der Waals surface area (Å²) in [4.78, 5) is 50.6. The van der Waals surface area contributed by atoms with Crippen molar-refractivity contribution in [3.8, 4) is 5.69 Å². The van der Waals surface area contributed by atoms with Gasteiger partial charge < -0.3 is 14.2 Å². The third kappa shape index (κ3) is 3.61. The first-order chi connectivity index (χ1) is 13.8. The van der Waals surface area contributed by atoms with Gasteiger partial charge in [0.25, 0.3) is 5.56 Å². The van der Waals surface area contributed by atoms with Gasteiger partial charge in [-0.25, -0.2) is 9.59 Å². The van der Waals surface area contributed by atoms with E-state index in [1.165, 1.54) is 11.7 Å². The summed E-state index contributed by atoms with van der Waals surface area (Å²) in [6.07, 6.45) is -0.812. The molecule has 29 heavy (non-hydrogen) atoms. The van der Waals surface area contributed by atoms with Gasteiger partial charge in [0.15, 0.2) is 0 Å². The molecule has 2 aliphatic heterocycles. The number of carbonyl (C=O) groups excluding carboxylic acids is 3. The van der Waals surface area contributed by atoms with Crippen molar-refractivity contribution in [1.82, 2.24) is 4.57 Å². The Morgan fingerprint density at radius 1 is 1.07 bits per heavy atom. The van der Waals surface area contributed by atoms with Crippen LogP contribution in [0.1, 0.15) is 39.4 Å². The number of methoxy groups -OCH3 is 2. The Labute approximate surface area is 169 Å².